The topological polar surface area (TPSA) is 95.2 Å². The van der Waals surface area contributed by atoms with Crippen LogP contribution in [0.2, 0.25) is 0 Å². The van der Waals surface area contributed by atoms with E-state index in [1.165, 1.54) is 11.1 Å². The number of ether oxygens (including phenoxy) is 1. The van der Waals surface area contributed by atoms with E-state index in [0.717, 1.165) is 0 Å². The lowest BCUT2D eigenvalue weighted by Crippen LogP contribution is -2.48. The van der Waals surface area contributed by atoms with Gasteiger partial charge in [0.25, 0.3) is 5.56 Å². The van der Waals surface area contributed by atoms with E-state index < -0.39 is 24.3 Å². The molecule has 1 aliphatic heterocycles. The van der Waals surface area contributed by atoms with Gasteiger partial charge in [-0.1, -0.05) is 18.2 Å². The number of aromatic nitrogens is 3. The Balaban J connectivity index is 1.53. The highest BCUT2D eigenvalue weighted by Crippen LogP contribution is 2.32. The van der Waals surface area contributed by atoms with Gasteiger partial charge in [-0.3, -0.25) is 4.79 Å². The third-order valence-electron chi connectivity index (χ3n) is 6.13. The highest BCUT2D eigenvalue weighted by molar-refractivity contribution is 9.10. The van der Waals surface area contributed by atoms with E-state index in [1.807, 2.05) is 30.3 Å². The van der Waals surface area contributed by atoms with Crippen LogP contribution in [0.3, 0.4) is 0 Å². The number of piperidine rings is 1. The van der Waals surface area contributed by atoms with Gasteiger partial charge >= 0.3 is 6.18 Å². The van der Waals surface area contributed by atoms with Crippen LogP contribution in [0.4, 0.5) is 30.6 Å². The molecule has 1 fully saturated rings. The Labute approximate surface area is 224 Å². The van der Waals surface area contributed by atoms with E-state index in [9.17, 15) is 18.0 Å². The number of rotatable bonds is 7. The first-order valence-electron chi connectivity index (χ1n) is 12.0. The van der Waals surface area contributed by atoms with Gasteiger partial charge in [0.1, 0.15) is 29.2 Å². The summed E-state index contributed by atoms with van der Waals surface area (Å²) in [7, 11) is 0. The summed E-state index contributed by atoms with van der Waals surface area (Å²) in [5, 5.41) is 6.40. The van der Waals surface area contributed by atoms with E-state index in [4.69, 9.17) is 4.74 Å². The first kappa shape index (κ1) is 26.0. The van der Waals surface area contributed by atoms with Gasteiger partial charge in [0.05, 0.1) is 9.99 Å². The maximum atomic E-state index is 13.6. The molecule has 4 aromatic rings. The zero-order chi connectivity index (χ0) is 26.7. The Kier molecular flexibility index (Phi) is 7.52. The predicted molar refractivity (Wildman–Crippen MR) is 143 cm³/mol. The number of para-hydroxylation sites is 1. The minimum atomic E-state index is -4.46. The average molecular weight is 589 g/mol. The fourth-order valence-electron chi connectivity index (χ4n) is 4.37. The Hall–Kier alpha value is -3.64. The Morgan fingerprint density at radius 1 is 1.03 bits per heavy atom. The largest absolute Gasteiger partial charge is 0.457 e. The summed E-state index contributed by atoms with van der Waals surface area (Å²) in [5.41, 5.74) is 0.317. The fraction of sp³-hybridized carbons (Fsp3) is 0.269. The number of fused-ring (bicyclic) bond motifs is 1. The number of hydrogen-bond acceptors (Lipinski definition) is 7. The summed E-state index contributed by atoms with van der Waals surface area (Å²) < 4.78 is 47.2. The molecule has 0 unspecified atom stereocenters. The molecule has 1 saturated heterocycles. The van der Waals surface area contributed by atoms with Gasteiger partial charge in [-0.05, 0) is 78.3 Å². The maximum absolute atomic E-state index is 13.6. The van der Waals surface area contributed by atoms with Crippen molar-refractivity contribution in [3.05, 3.63) is 75.6 Å². The molecule has 198 valence electrons. The second-order valence-electron chi connectivity index (χ2n) is 8.85. The molecule has 0 bridgehead atoms. The number of aromatic amines is 1. The van der Waals surface area contributed by atoms with Crippen molar-refractivity contribution >= 4 is 44.3 Å². The quantitative estimate of drug-likeness (QED) is 0.253. The van der Waals surface area contributed by atoms with E-state index in [1.54, 1.807) is 24.3 Å². The van der Waals surface area contributed by atoms with E-state index in [-0.39, 0.29) is 22.7 Å². The molecule has 3 heterocycles. The van der Waals surface area contributed by atoms with Gasteiger partial charge in [0, 0.05) is 17.9 Å². The molecule has 8 nitrogen and oxygen atoms in total. The van der Waals surface area contributed by atoms with Crippen molar-refractivity contribution < 1.29 is 17.9 Å². The SMILES string of the molecule is O=c1[nH]cc(Br)c2nc(N(CC(F)(F)F)C3CCNCC3)nc(Nc3ccc(Oc4ccccc4)cc3)c12. The summed E-state index contributed by atoms with van der Waals surface area (Å²) in [6, 6.07) is 15.8. The zero-order valence-electron chi connectivity index (χ0n) is 20.1. The van der Waals surface area contributed by atoms with Gasteiger partial charge in [-0.25, -0.2) is 4.98 Å². The lowest BCUT2D eigenvalue weighted by Gasteiger charge is -2.35. The van der Waals surface area contributed by atoms with Crippen LogP contribution >= 0.6 is 15.9 Å². The number of alkyl halides is 3. The van der Waals surface area contributed by atoms with Gasteiger partial charge in [-0.15, -0.1) is 0 Å². The smallest absolute Gasteiger partial charge is 0.406 e. The number of pyridine rings is 1. The second kappa shape index (κ2) is 11.0. The van der Waals surface area contributed by atoms with Crippen molar-refractivity contribution in [2.45, 2.75) is 25.1 Å². The van der Waals surface area contributed by atoms with Crippen LogP contribution in [0, 0.1) is 0 Å². The van der Waals surface area contributed by atoms with Crippen molar-refractivity contribution in [2.24, 2.45) is 0 Å². The monoisotopic (exact) mass is 588 g/mol. The standard InChI is InChI=1S/C26H24BrF3N6O2/c27-20-14-32-24(37)21-22(20)34-25(36(15-26(28,29)30)17-10-12-31-13-11-17)35-23(21)33-16-6-8-19(9-7-16)38-18-4-2-1-3-5-18/h1-9,14,17,31H,10-13,15H2,(H,32,37)(H,33,34,35). The molecule has 0 atom stereocenters. The van der Waals surface area contributed by atoms with Gasteiger partial charge in [0.2, 0.25) is 5.95 Å². The van der Waals surface area contributed by atoms with Crippen LogP contribution in [-0.2, 0) is 0 Å². The third kappa shape index (κ3) is 6.08. The summed E-state index contributed by atoms with van der Waals surface area (Å²) in [4.78, 5) is 25.5. The lowest BCUT2D eigenvalue weighted by molar-refractivity contribution is -0.121. The van der Waals surface area contributed by atoms with Gasteiger partial charge < -0.3 is 25.3 Å². The number of anilines is 3. The van der Waals surface area contributed by atoms with Crippen molar-refractivity contribution in [3.8, 4) is 11.5 Å². The summed E-state index contributed by atoms with van der Waals surface area (Å²) in [5.74, 6) is 1.28. The highest BCUT2D eigenvalue weighted by atomic mass is 79.9. The highest BCUT2D eigenvalue weighted by Gasteiger charge is 2.36. The van der Waals surface area contributed by atoms with Crippen molar-refractivity contribution in [3.63, 3.8) is 0 Å². The number of nitrogens with zero attached hydrogens (tertiary/aromatic N) is 3. The molecular formula is C26H24BrF3N6O2. The van der Waals surface area contributed by atoms with Crippen LogP contribution in [0.25, 0.3) is 10.9 Å². The molecule has 0 aliphatic carbocycles. The molecule has 38 heavy (non-hydrogen) atoms. The molecular weight excluding hydrogens is 565 g/mol. The Morgan fingerprint density at radius 2 is 1.71 bits per heavy atom. The number of halogens is 4. The van der Waals surface area contributed by atoms with E-state index in [2.05, 4.69) is 41.5 Å². The second-order valence-corrected chi connectivity index (χ2v) is 9.70. The Bertz CT molecular complexity index is 1460. The zero-order valence-corrected chi connectivity index (χ0v) is 21.6. The number of benzene rings is 2. The minimum Gasteiger partial charge on any atom is -0.457 e. The van der Waals surface area contributed by atoms with Crippen LogP contribution in [0.5, 0.6) is 11.5 Å². The van der Waals surface area contributed by atoms with Crippen molar-refractivity contribution in [2.75, 3.05) is 29.9 Å². The maximum Gasteiger partial charge on any atom is 0.406 e. The predicted octanol–water partition coefficient (Wildman–Crippen LogP) is 5.74. The lowest BCUT2D eigenvalue weighted by atomic mass is 10.1. The van der Waals surface area contributed by atoms with Gasteiger partial charge in [0.15, 0.2) is 0 Å². The first-order valence-corrected chi connectivity index (χ1v) is 12.8. The molecule has 2 aromatic carbocycles. The molecule has 2 aromatic heterocycles. The Morgan fingerprint density at radius 3 is 2.39 bits per heavy atom. The molecule has 0 amide bonds. The van der Waals surface area contributed by atoms with Crippen LogP contribution in [0.15, 0.2) is 70.1 Å². The van der Waals surface area contributed by atoms with E-state index in [0.29, 0.717) is 47.6 Å². The minimum absolute atomic E-state index is 0.0976. The summed E-state index contributed by atoms with van der Waals surface area (Å²) in [6.45, 7) is -0.00804. The molecule has 0 saturated carbocycles. The third-order valence-corrected chi connectivity index (χ3v) is 6.74. The average Bonchev–Trinajstić information content (AvgIpc) is 2.91. The first-order chi connectivity index (χ1) is 18.3. The molecule has 5 rings (SSSR count). The van der Waals surface area contributed by atoms with E-state index >= 15 is 0 Å². The molecule has 12 heteroatoms. The molecule has 0 radical (unpaired) electrons. The van der Waals surface area contributed by atoms with Crippen LogP contribution in [0.1, 0.15) is 12.8 Å². The van der Waals surface area contributed by atoms with Crippen molar-refractivity contribution in [1.82, 2.24) is 20.3 Å². The number of H-pyrrole nitrogens is 1. The van der Waals surface area contributed by atoms with Crippen LogP contribution in [-0.4, -0.2) is 46.8 Å². The normalized spacial score (nSPS) is 14.4. The summed E-state index contributed by atoms with van der Waals surface area (Å²) >= 11 is 3.38. The number of hydrogen-bond donors (Lipinski definition) is 3. The van der Waals surface area contributed by atoms with Crippen molar-refractivity contribution in [1.29, 1.82) is 0 Å². The molecule has 1 aliphatic rings. The number of nitrogens with one attached hydrogen (secondary N) is 3. The molecule has 3 N–H and O–H groups in total. The molecule has 0 spiro atoms. The fourth-order valence-corrected chi connectivity index (χ4v) is 4.77. The van der Waals surface area contributed by atoms with Crippen LogP contribution < -0.4 is 25.8 Å². The summed E-state index contributed by atoms with van der Waals surface area (Å²) in [6.07, 6.45) is -2.02. The van der Waals surface area contributed by atoms with Gasteiger partial charge in [-0.2, -0.15) is 18.2 Å².